The van der Waals surface area contributed by atoms with E-state index in [4.69, 9.17) is 0 Å². The summed E-state index contributed by atoms with van der Waals surface area (Å²) in [5.74, 6) is 0.0174. The van der Waals surface area contributed by atoms with Crippen molar-refractivity contribution >= 4 is 22.5 Å². The van der Waals surface area contributed by atoms with Crippen molar-refractivity contribution in [1.82, 2.24) is 24.9 Å². The highest BCUT2D eigenvalue weighted by Gasteiger charge is 2.16. The molecular weight excluding hydrogens is 326 g/mol. The number of hydrogen-bond acceptors (Lipinski definition) is 4. The van der Waals surface area contributed by atoms with Crippen LogP contribution < -0.4 is 0 Å². The van der Waals surface area contributed by atoms with E-state index in [0.717, 1.165) is 22.0 Å². The minimum Gasteiger partial charge on any atom is -0.334 e. The minimum absolute atomic E-state index is 0.0174. The van der Waals surface area contributed by atoms with Crippen LogP contribution in [-0.4, -0.2) is 30.8 Å². The molecule has 1 amide bonds. The predicted molar refractivity (Wildman–Crippen MR) is 99.4 cm³/mol. The molecule has 2 aromatic carbocycles. The number of pyridine rings is 1. The van der Waals surface area contributed by atoms with Gasteiger partial charge in [-0.25, -0.2) is 0 Å². The van der Waals surface area contributed by atoms with Gasteiger partial charge in [-0.05, 0) is 41.1 Å². The molecule has 0 saturated carbocycles. The van der Waals surface area contributed by atoms with Crippen LogP contribution in [0, 0.1) is 6.92 Å². The fourth-order valence-electron chi connectivity index (χ4n) is 3.19. The van der Waals surface area contributed by atoms with E-state index < -0.39 is 0 Å². The van der Waals surface area contributed by atoms with Crippen molar-refractivity contribution in [3.63, 3.8) is 0 Å². The zero-order valence-corrected chi connectivity index (χ0v) is 14.8. The molecule has 0 aliphatic rings. The molecule has 0 atom stereocenters. The van der Waals surface area contributed by atoms with Gasteiger partial charge in [0.25, 0.3) is 0 Å². The number of carbonyl (C=O) groups is 1. The second-order valence-corrected chi connectivity index (χ2v) is 6.51. The molecule has 0 spiro atoms. The first-order valence-corrected chi connectivity index (χ1v) is 8.51. The second kappa shape index (κ2) is 6.55. The first kappa shape index (κ1) is 16.2. The van der Waals surface area contributed by atoms with Gasteiger partial charge in [0.15, 0.2) is 5.65 Å². The Bertz CT molecular complexity index is 1090. The summed E-state index contributed by atoms with van der Waals surface area (Å²) in [6.45, 7) is 4.65. The van der Waals surface area contributed by atoms with Crippen molar-refractivity contribution in [1.29, 1.82) is 0 Å². The molecule has 0 bridgehead atoms. The van der Waals surface area contributed by atoms with Crippen LogP contribution in [0.2, 0.25) is 0 Å². The lowest BCUT2D eigenvalue weighted by Gasteiger charge is -2.21. The summed E-state index contributed by atoms with van der Waals surface area (Å²) in [5, 5.41) is 13.2. The van der Waals surface area contributed by atoms with E-state index in [1.54, 1.807) is 16.3 Å². The zero-order chi connectivity index (χ0) is 18.1. The molecular formula is C20H19N5O. The number of aryl methyl sites for hydroxylation is 1. The Kier molecular flexibility index (Phi) is 4.08. The smallest absolute Gasteiger partial charge is 0.220 e. The normalized spacial score (nSPS) is 11.2. The lowest BCUT2D eigenvalue weighted by Crippen LogP contribution is -2.28. The highest BCUT2D eigenvalue weighted by Crippen LogP contribution is 2.22. The summed E-state index contributed by atoms with van der Waals surface area (Å²) in [4.78, 5) is 14.0. The largest absolute Gasteiger partial charge is 0.334 e. The van der Waals surface area contributed by atoms with Gasteiger partial charge in [-0.3, -0.25) is 4.79 Å². The van der Waals surface area contributed by atoms with E-state index in [1.165, 1.54) is 5.56 Å². The quantitative estimate of drug-likeness (QED) is 0.570. The van der Waals surface area contributed by atoms with Gasteiger partial charge in [0.2, 0.25) is 5.91 Å². The number of tetrazole rings is 1. The number of amides is 1. The van der Waals surface area contributed by atoms with Crippen molar-refractivity contribution < 1.29 is 4.79 Å². The van der Waals surface area contributed by atoms with Crippen LogP contribution >= 0.6 is 0 Å². The molecule has 0 N–H and O–H groups in total. The maximum Gasteiger partial charge on any atom is 0.220 e. The Hall–Kier alpha value is -3.28. The van der Waals surface area contributed by atoms with Crippen LogP contribution in [0.1, 0.15) is 23.6 Å². The van der Waals surface area contributed by atoms with Gasteiger partial charge in [-0.1, -0.05) is 42.0 Å². The first-order chi connectivity index (χ1) is 12.6. The molecule has 4 aromatic rings. The van der Waals surface area contributed by atoms with Crippen LogP contribution in [0.25, 0.3) is 16.6 Å². The second-order valence-electron chi connectivity index (χ2n) is 6.51. The van der Waals surface area contributed by atoms with E-state index in [0.29, 0.717) is 18.7 Å². The fraction of sp³-hybridized carbons (Fsp3) is 0.200. The number of rotatable bonds is 4. The van der Waals surface area contributed by atoms with Crippen LogP contribution in [0.5, 0.6) is 0 Å². The van der Waals surface area contributed by atoms with Gasteiger partial charge >= 0.3 is 0 Å². The van der Waals surface area contributed by atoms with Gasteiger partial charge in [-0.15, -0.1) is 5.10 Å². The molecule has 130 valence electrons. The molecule has 6 heteroatoms. The molecule has 0 aliphatic carbocycles. The number of hydrogen-bond donors (Lipinski definition) is 0. The predicted octanol–water partition coefficient (Wildman–Crippen LogP) is 3.13. The number of benzene rings is 2. The molecule has 6 nitrogen and oxygen atoms in total. The van der Waals surface area contributed by atoms with Gasteiger partial charge < -0.3 is 4.90 Å². The molecule has 0 unspecified atom stereocenters. The molecule has 2 aromatic heterocycles. The Morgan fingerprint density at radius 1 is 1.08 bits per heavy atom. The van der Waals surface area contributed by atoms with Gasteiger partial charge in [0.1, 0.15) is 0 Å². The molecule has 0 aliphatic heterocycles. The van der Waals surface area contributed by atoms with Gasteiger partial charge in [0.05, 0.1) is 5.52 Å². The third kappa shape index (κ3) is 3.01. The van der Waals surface area contributed by atoms with Crippen molar-refractivity contribution in [3.05, 3.63) is 71.3 Å². The van der Waals surface area contributed by atoms with E-state index in [-0.39, 0.29) is 5.91 Å². The Morgan fingerprint density at radius 3 is 2.65 bits per heavy atom. The summed E-state index contributed by atoms with van der Waals surface area (Å²) in [7, 11) is 0. The van der Waals surface area contributed by atoms with Crippen LogP contribution in [0.4, 0.5) is 0 Å². The van der Waals surface area contributed by atoms with Crippen LogP contribution in [0.3, 0.4) is 0 Å². The van der Waals surface area contributed by atoms with Crippen molar-refractivity contribution in [2.75, 3.05) is 0 Å². The number of nitrogens with zero attached hydrogens (tertiary/aromatic N) is 5. The third-order valence-electron chi connectivity index (χ3n) is 4.52. The average molecular weight is 345 g/mol. The highest BCUT2D eigenvalue weighted by atomic mass is 16.2. The van der Waals surface area contributed by atoms with Gasteiger partial charge in [0, 0.05) is 31.0 Å². The Balaban J connectivity index is 1.76. The van der Waals surface area contributed by atoms with Crippen LogP contribution in [-0.2, 0) is 17.9 Å². The molecule has 4 rings (SSSR count). The highest BCUT2D eigenvalue weighted by molar-refractivity contribution is 5.84. The first-order valence-electron chi connectivity index (χ1n) is 8.51. The molecule has 0 saturated heterocycles. The maximum atomic E-state index is 12.2. The summed E-state index contributed by atoms with van der Waals surface area (Å²) in [6.07, 6.45) is 0. The zero-order valence-electron chi connectivity index (χ0n) is 14.8. The summed E-state index contributed by atoms with van der Waals surface area (Å²) < 4.78 is 1.74. The van der Waals surface area contributed by atoms with Crippen molar-refractivity contribution in [2.45, 2.75) is 26.9 Å². The SMILES string of the molecule is CC(=O)N(Cc1ccccc1)Cc1cc2cc(C)ccc2n2nnnc12. The Labute approximate surface area is 151 Å². The summed E-state index contributed by atoms with van der Waals surface area (Å²) >= 11 is 0. The fourth-order valence-corrected chi connectivity index (χ4v) is 3.19. The van der Waals surface area contributed by atoms with E-state index in [9.17, 15) is 4.79 Å². The average Bonchev–Trinajstić information content (AvgIpc) is 3.12. The van der Waals surface area contributed by atoms with Crippen LogP contribution in [0.15, 0.2) is 54.6 Å². The summed E-state index contributed by atoms with van der Waals surface area (Å²) in [6, 6.07) is 18.2. The Morgan fingerprint density at radius 2 is 1.88 bits per heavy atom. The third-order valence-corrected chi connectivity index (χ3v) is 4.52. The number of fused-ring (bicyclic) bond motifs is 3. The molecule has 26 heavy (non-hydrogen) atoms. The monoisotopic (exact) mass is 345 g/mol. The lowest BCUT2D eigenvalue weighted by molar-refractivity contribution is -0.130. The van der Waals surface area contributed by atoms with Gasteiger partial charge in [-0.2, -0.15) is 4.52 Å². The lowest BCUT2D eigenvalue weighted by atomic mass is 10.1. The maximum absolute atomic E-state index is 12.2. The number of aromatic nitrogens is 4. The standard InChI is InChI=1S/C20H19N5O/c1-14-8-9-19-17(10-14)11-18(20-21-22-23-25(19)20)13-24(15(2)26)12-16-6-4-3-5-7-16/h3-11H,12-13H2,1-2H3. The minimum atomic E-state index is 0.0174. The van der Waals surface area contributed by atoms with Crippen molar-refractivity contribution in [3.8, 4) is 0 Å². The van der Waals surface area contributed by atoms with E-state index in [2.05, 4.69) is 34.6 Å². The topological polar surface area (TPSA) is 63.4 Å². The molecule has 0 fully saturated rings. The van der Waals surface area contributed by atoms with Crippen molar-refractivity contribution in [2.24, 2.45) is 0 Å². The van der Waals surface area contributed by atoms with E-state index >= 15 is 0 Å². The summed E-state index contributed by atoms with van der Waals surface area (Å²) in [5.41, 5.74) is 4.83. The molecule has 2 heterocycles. The molecule has 0 radical (unpaired) electrons. The van der Waals surface area contributed by atoms with E-state index in [1.807, 2.05) is 42.5 Å². The number of carbonyl (C=O) groups excluding carboxylic acids is 1.